The van der Waals surface area contributed by atoms with Gasteiger partial charge in [-0.05, 0) is 12.1 Å². The largest absolute Gasteiger partial charge is 0.391 e. The molecule has 6 nitrogen and oxygen atoms in total. The molecule has 0 aromatic heterocycles. The molecule has 1 rings (SSSR count). The molecule has 0 aliphatic rings. The molecule has 19 heavy (non-hydrogen) atoms. The Balaban J connectivity index is 2.72. The summed E-state index contributed by atoms with van der Waals surface area (Å²) in [6.45, 7) is 1.48. The summed E-state index contributed by atoms with van der Waals surface area (Å²) >= 11 is 0. The predicted molar refractivity (Wildman–Crippen MR) is 69.2 cm³/mol. The molecule has 0 fully saturated rings. The molecule has 6 heteroatoms. The van der Waals surface area contributed by atoms with E-state index in [1.165, 1.54) is 25.1 Å². The predicted octanol–water partition coefficient (Wildman–Crippen LogP) is 0.965. The van der Waals surface area contributed by atoms with Crippen LogP contribution in [0.4, 0.5) is 5.69 Å². The van der Waals surface area contributed by atoms with E-state index in [4.69, 9.17) is 5.11 Å². The highest BCUT2D eigenvalue weighted by molar-refractivity contribution is 5.72. The van der Waals surface area contributed by atoms with Crippen LogP contribution in [0.5, 0.6) is 0 Å². The zero-order valence-electron chi connectivity index (χ0n) is 10.5. The summed E-state index contributed by atoms with van der Waals surface area (Å²) in [7, 11) is 0. The second-order valence-electron chi connectivity index (χ2n) is 3.79. The van der Waals surface area contributed by atoms with E-state index < -0.39 is 11.5 Å². The lowest BCUT2D eigenvalue weighted by Crippen LogP contribution is -2.20. The van der Waals surface area contributed by atoms with Crippen molar-refractivity contribution in [3.8, 4) is 11.8 Å². The molecule has 1 amide bonds. The number of carbonyl (C=O) groups is 1. The maximum absolute atomic E-state index is 10.7. The highest BCUT2D eigenvalue weighted by atomic mass is 16.6. The van der Waals surface area contributed by atoms with Crippen LogP contribution in [0.15, 0.2) is 18.2 Å². The van der Waals surface area contributed by atoms with Gasteiger partial charge in [-0.2, -0.15) is 0 Å². The lowest BCUT2D eigenvalue weighted by Gasteiger charge is -1.99. The molecular formula is C13H14N2O4. The van der Waals surface area contributed by atoms with Crippen molar-refractivity contribution < 1.29 is 14.8 Å². The summed E-state index contributed by atoms with van der Waals surface area (Å²) < 4.78 is 0. The topological polar surface area (TPSA) is 92.5 Å². The van der Waals surface area contributed by atoms with E-state index in [-0.39, 0.29) is 17.2 Å². The van der Waals surface area contributed by atoms with E-state index in [9.17, 15) is 14.9 Å². The van der Waals surface area contributed by atoms with Gasteiger partial charge in [0, 0.05) is 31.5 Å². The first-order chi connectivity index (χ1) is 9.04. The Morgan fingerprint density at radius 1 is 1.53 bits per heavy atom. The SMILES string of the molecule is CC(=O)NCCC#Cc1ccc([N+](=O)[O-])c(CO)c1. The summed E-state index contributed by atoms with van der Waals surface area (Å²) in [6.07, 6.45) is 0.491. The minimum absolute atomic E-state index is 0.111. The second kappa shape index (κ2) is 7.13. The Kier molecular flexibility index (Phi) is 5.51. The van der Waals surface area contributed by atoms with Gasteiger partial charge in [0.05, 0.1) is 17.1 Å². The Morgan fingerprint density at radius 3 is 2.84 bits per heavy atom. The van der Waals surface area contributed by atoms with Crippen LogP contribution in [0, 0.1) is 22.0 Å². The third-order valence-electron chi connectivity index (χ3n) is 2.30. The number of amides is 1. The molecule has 2 N–H and O–H groups in total. The zero-order chi connectivity index (χ0) is 14.3. The fourth-order valence-corrected chi connectivity index (χ4v) is 1.43. The fraction of sp³-hybridized carbons (Fsp3) is 0.308. The standard InChI is InChI=1S/C13H14N2O4/c1-10(17)14-7-3-2-4-11-5-6-13(15(18)19)12(8-11)9-16/h5-6,8,16H,3,7,9H2,1H3,(H,14,17). The van der Waals surface area contributed by atoms with Gasteiger partial charge in [0.2, 0.25) is 5.91 Å². The van der Waals surface area contributed by atoms with Crippen LogP contribution < -0.4 is 5.32 Å². The molecular weight excluding hydrogens is 248 g/mol. The smallest absolute Gasteiger partial charge is 0.274 e. The van der Waals surface area contributed by atoms with Crippen LogP contribution >= 0.6 is 0 Å². The first-order valence-electron chi connectivity index (χ1n) is 5.66. The molecule has 0 atom stereocenters. The van der Waals surface area contributed by atoms with Gasteiger partial charge < -0.3 is 10.4 Å². The lowest BCUT2D eigenvalue weighted by molar-refractivity contribution is -0.385. The molecule has 0 aliphatic heterocycles. The number of nitrogens with zero attached hydrogens (tertiary/aromatic N) is 1. The molecule has 0 bridgehead atoms. The summed E-state index contributed by atoms with van der Waals surface area (Å²) in [4.78, 5) is 20.7. The van der Waals surface area contributed by atoms with Crippen LogP contribution in [0.2, 0.25) is 0 Å². The van der Waals surface area contributed by atoms with Crippen molar-refractivity contribution in [1.29, 1.82) is 0 Å². The first kappa shape index (κ1) is 14.7. The average molecular weight is 262 g/mol. The van der Waals surface area contributed by atoms with Crippen molar-refractivity contribution in [2.45, 2.75) is 20.0 Å². The van der Waals surface area contributed by atoms with E-state index in [1.807, 2.05) is 0 Å². The summed E-state index contributed by atoms with van der Waals surface area (Å²) in [5.41, 5.74) is 0.711. The van der Waals surface area contributed by atoms with Crippen molar-refractivity contribution in [3.05, 3.63) is 39.4 Å². The maximum Gasteiger partial charge on any atom is 0.274 e. The molecule has 0 unspecified atom stereocenters. The molecule has 100 valence electrons. The number of aliphatic hydroxyl groups excluding tert-OH is 1. The number of hydrogen-bond acceptors (Lipinski definition) is 4. The zero-order valence-corrected chi connectivity index (χ0v) is 10.5. The molecule has 1 aromatic rings. The monoisotopic (exact) mass is 262 g/mol. The number of nitro groups is 1. The quantitative estimate of drug-likeness (QED) is 0.366. The van der Waals surface area contributed by atoms with E-state index in [1.54, 1.807) is 0 Å². The minimum atomic E-state index is -0.542. The Morgan fingerprint density at radius 2 is 2.26 bits per heavy atom. The Hall–Kier alpha value is -2.39. The third-order valence-corrected chi connectivity index (χ3v) is 2.30. The van der Waals surface area contributed by atoms with E-state index in [0.717, 1.165) is 0 Å². The number of rotatable bonds is 4. The number of nitro benzene ring substituents is 1. The van der Waals surface area contributed by atoms with Gasteiger partial charge in [0.15, 0.2) is 0 Å². The molecule has 1 aromatic carbocycles. The maximum atomic E-state index is 10.7. The van der Waals surface area contributed by atoms with Gasteiger partial charge in [0.25, 0.3) is 5.69 Å². The van der Waals surface area contributed by atoms with Crippen LogP contribution in [0.3, 0.4) is 0 Å². The summed E-state index contributed by atoms with van der Waals surface area (Å²) in [5.74, 6) is 5.55. The van der Waals surface area contributed by atoms with Crippen LogP contribution in [-0.4, -0.2) is 22.5 Å². The van der Waals surface area contributed by atoms with Crippen molar-refractivity contribution in [2.75, 3.05) is 6.54 Å². The highest BCUT2D eigenvalue weighted by Crippen LogP contribution is 2.19. The number of aliphatic hydroxyl groups is 1. The number of benzene rings is 1. The Bertz CT molecular complexity index is 543. The molecule has 0 saturated heterocycles. The third kappa shape index (κ3) is 4.77. The van der Waals surface area contributed by atoms with Crippen molar-refractivity contribution in [1.82, 2.24) is 5.32 Å². The van der Waals surface area contributed by atoms with Crippen LogP contribution in [0.25, 0.3) is 0 Å². The van der Waals surface area contributed by atoms with E-state index in [0.29, 0.717) is 18.5 Å². The minimum Gasteiger partial charge on any atom is -0.391 e. The molecule has 0 radical (unpaired) electrons. The first-order valence-corrected chi connectivity index (χ1v) is 5.66. The van der Waals surface area contributed by atoms with Gasteiger partial charge in [-0.15, -0.1) is 0 Å². The van der Waals surface area contributed by atoms with Crippen molar-refractivity contribution >= 4 is 11.6 Å². The van der Waals surface area contributed by atoms with Crippen LogP contribution in [0.1, 0.15) is 24.5 Å². The number of carbonyl (C=O) groups excluding carboxylic acids is 1. The lowest BCUT2D eigenvalue weighted by atomic mass is 10.1. The number of nitrogens with one attached hydrogen (secondary N) is 1. The Labute approximate surface area is 110 Å². The average Bonchev–Trinajstić information content (AvgIpc) is 2.37. The van der Waals surface area contributed by atoms with Gasteiger partial charge >= 0.3 is 0 Å². The summed E-state index contributed by atoms with van der Waals surface area (Å²) in [5, 5.41) is 22.3. The van der Waals surface area contributed by atoms with Gasteiger partial charge in [0.1, 0.15) is 0 Å². The molecule has 0 spiro atoms. The normalized spacial score (nSPS) is 9.37. The molecule has 0 aliphatic carbocycles. The van der Waals surface area contributed by atoms with Gasteiger partial charge in [-0.25, -0.2) is 0 Å². The summed E-state index contributed by atoms with van der Waals surface area (Å²) in [6, 6.07) is 4.34. The van der Waals surface area contributed by atoms with Crippen molar-refractivity contribution in [3.63, 3.8) is 0 Å². The van der Waals surface area contributed by atoms with Gasteiger partial charge in [-0.3, -0.25) is 14.9 Å². The molecule has 0 saturated carbocycles. The van der Waals surface area contributed by atoms with Crippen molar-refractivity contribution in [2.24, 2.45) is 0 Å². The van der Waals surface area contributed by atoms with Crippen LogP contribution in [-0.2, 0) is 11.4 Å². The fourth-order valence-electron chi connectivity index (χ4n) is 1.43. The molecule has 0 heterocycles. The highest BCUT2D eigenvalue weighted by Gasteiger charge is 2.12. The second-order valence-corrected chi connectivity index (χ2v) is 3.79. The number of hydrogen-bond donors (Lipinski definition) is 2. The van der Waals surface area contributed by atoms with Gasteiger partial charge in [-0.1, -0.05) is 11.8 Å². The van der Waals surface area contributed by atoms with E-state index in [2.05, 4.69) is 17.2 Å². The van der Waals surface area contributed by atoms with E-state index >= 15 is 0 Å².